The summed E-state index contributed by atoms with van der Waals surface area (Å²) < 4.78 is 22.6. The highest BCUT2D eigenvalue weighted by molar-refractivity contribution is 7.91. The molecule has 2 heterocycles. The lowest BCUT2D eigenvalue weighted by atomic mass is 10.00. The van der Waals surface area contributed by atoms with E-state index in [1.807, 2.05) is 4.90 Å². The summed E-state index contributed by atoms with van der Waals surface area (Å²) in [5.74, 6) is 1.31. The van der Waals surface area contributed by atoms with E-state index < -0.39 is 9.84 Å². The van der Waals surface area contributed by atoms with E-state index in [9.17, 15) is 13.2 Å². The SMILES string of the molecule is CC1CCCN(C(=O)CCN2CCS(=O)(=O)CC2)C1. The predicted molar refractivity (Wildman–Crippen MR) is 74.7 cm³/mol. The largest absolute Gasteiger partial charge is 0.342 e. The molecule has 1 atom stereocenters. The molecule has 0 aliphatic carbocycles. The van der Waals surface area contributed by atoms with Crippen LogP contribution in [0.2, 0.25) is 0 Å². The van der Waals surface area contributed by atoms with E-state index in [0.29, 0.717) is 32.0 Å². The van der Waals surface area contributed by atoms with Gasteiger partial charge in [0.2, 0.25) is 5.91 Å². The monoisotopic (exact) mass is 288 g/mol. The number of piperidine rings is 1. The van der Waals surface area contributed by atoms with E-state index in [2.05, 4.69) is 11.8 Å². The molecule has 1 unspecified atom stereocenters. The van der Waals surface area contributed by atoms with Gasteiger partial charge in [-0.15, -0.1) is 0 Å². The zero-order chi connectivity index (χ0) is 13.9. The molecule has 0 saturated carbocycles. The normalized spacial score (nSPS) is 28.3. The minimum atomic E-state index is -2.82. The molecule has 2 saturated heterocycles. The quantitative estimate of drug-likeness (QED) is 0.753. The highest BCUT2D eigenvalue weighted by Crippen LogP contribution is 2.16. The Labute approximate surface area is 115 Å². The second kappa shape index (κ2) is 6.22. The second-order valence-electron chi connectivity index (χ2n) is 5.83. The minimum absolute atomic E-state index is 0.222. The van der Waals surface area contributed by atoms with Crippen molar-refractivity contribution in [3.63, 3.8) is 0 Å². The van der Waals surface area contributed by atoms with Crippen molar-refractivity contribution >= 4 is 15.7 Å². The first-order chi connectivity index (χ1) is 8.96. The average molecular weight is 288 g/mol. The van der Waals surface area contributed by atoms with Crippen LogP contribution in [0.3, 0.4) is 0 Å². The van der Waals surface area contributed by atoms with Crippen LogP contribution in [0.4, 0.5) is 0 Å². The third-order valence-corrected chi connectivity index (χ3v) is 5.70. The van der Waals surface area contributed by atoms with Crippen molar-refractivity contribution in [2.45, 2.75) is 26.2 Å². The summed E-state index contributed by atoms with van der Waals surface area (Å²) in [5, 5.41) is 0. The molecule has 0 spiro atoms. The van der Waals surface area contributed by atoms with E-state index in [1.165, 1.54) is 6.42 Å². The fraction of sp³-hybridized carbons (Fsp3) is 0.923. The van der Waals surface area contributed by atoms with Crippen LogP contribution in [0.5, 0.6) is 0 Å². The van der Waals surface area contributed by atoms with Gasteiger partial charge in [0.25, 0.3) is 0 Å². The molecule has 6 heteroatoms. The maximum absolute atomic E-state index is 12.1. The van der Waals surface area contributed by atoms with Crippen LogP contribution < -0.4 is 0 Å². The van der Waals surface area contributed by atoms with Crippen molar-refractivity contribution in [1.29, 1.82) is 0 Å². The molecule has 2 aliphatic heterocycles. The maximum atomic E-state index is 12.1. The van der Waals surface area contributed by atoms with E-state index in [1.54, 1.807) is 0 Å². The topological polar surface area (TPSA) is 57.7 Å². The Kier molecular flexibility index (Phi) is 4.84. The molecule has 0 bridgehead atoms. The first kappa shape index (κ1) is 14.8. The molecule has 0 aromatic rings. The van der Waals surface area contributed by atoms with Crippen molar-refractivity contribution in [3.8, 4) is 0 Å². The minimum Gasteiger partial charge on any atom is -0.342 e. The summed E-state index contributed by atoms with van der Waals surface area (Å²) in [7, 11) is -2.82. The maximum Gasteiger partial charge on any atom is 0.223 e. The number of sulfone groups is 1. The molecule has 0 aromatic carbocycles. The lowest BCUT2D eigenvalue weighted by molar-refractivity contribution is -0.133. The van der Waals surface area contributed by atoms with Gasteiger partial charge in [-0.25, -0.2) is 8.42 Å². The van der Waals surface area contributed by atoms with E-state index in [-0.39, 0.29) is 17.4 Å². The summed E-state index contributed by atoms with van der Waals surface area (Å²) in [5.41, 5.74) is 0. The zero-order valence-electron chi connectivity index (χ0n) is 11.7. The number of amides is 1. The van der Waals surface area contributed by atoms with Crippen molar-refractivity contribution in [2.24, 2.45) is 5.92 Å². The lowest BCUT2D eigenvalue weighted by Crippen LogP contribution is -2.44. The predicted octanol–water partition coefficient (Wildman–Crippen LogP) is 0.365. The number of nitrogens with zero attached hydrogens (tertiary/aromatic N) is 2. The summed E-state index contributed by atoms with van der Waals surface area (Å²) in [6.07, 6.45) is 2.84. The van der Waals surface area contributed by atoms with Crippen LogP contribution >= 0.6 is 0 Å². The smallest absolute Gasteiger partial charge is 0.223 e. The number of likely N-dealkylation sites (tertiary alicyclic amines) is 1. The molecule has 0 N–H and O–H groups in total. The molecular weight excluding hydrogens is 264 g/mol. The number of hydrogen-bond donors (Lipinski definition) is 0. The molecular formula is C13H24N2O3S. The van der Waals surface area contributed by atoms with E-state index in [4.69, 9.17) is 0 Å². The standard InChI is InChI=1S/C13H24N2O3S/c1-12-3-2-5-15(11-12)13(16)4-6-14-7-9-19(17,18)10-8-14/h12H,2-11H2,1H3. The first-order valence-electron chi connectivity index (χ1n) is 7.17. The molecule has 19 heavy (non-hydrogen) atoms. The van der Waals surface area contributed by atoms with Crippen LogP contribution in [-0.2, 0) is 14.6 Å². The van der Waals surface area contributed by atoms with Crippen molar-refractivity contribution in [3.05, 3.63) is 0 Å². The Bertz CT molecular complexity index is 408. The molecule has 0 aromatic heterocycles. The second-order valence-corrected chi connectivity index (χ2v) is 8.13. The van der Waals surface area contributed by atoms with Gasteiger partial charge in [-0.2, -0.15) is 0 Å². The Balaban J connectivity index is 1.72. The van der Waals surface area contributed by atoms with Gasteiger partial charge in [-0.3, -0.25) is 4.79 Å². The number of carbonyl (C=O) groups is 1. The molecule has 2 aliphatic rings. The van der Waals surface area contributed by atoms with Crippen LogP contribution in [0, 0.1) is 5.92 Å². The van der Waals surface area contributed by atoms with Gasteiger partial charge in [-0.05, 0) is 18.8 Å². The Morgan fingerprint density at radius 3 is 2.53 bits per heavy atom. The zero-order valence-corrected chi connectivity index (χ0v) is 12.5. The highest BCUT2D eigenvalue weighted by atomic mass is 32.2. The van der Waals surface area contributed by atoms with Gasteiger partial charge in [0.15, 0.2) is 9.84 Å². The first-order valence-corrected chi connectivity index (χ1v) is 8.99. The van der Waals surface area contributed by atoms with Gasteiger partial charge in [0.1, 0.15) is 0 Å². The number of hydrogen-bond acceptors (Lipinski definition) is 4. The van der Waals surface area contributed by atoms with Crippen LogP contribution in [0.25, 0.3) is 0 Å². The average Bonchev–Trinajstić information content (AvgIpc) is 2.37. The van der Waals surface area contributed by atoms with Gasteiger partial charge >= 0.3 is 0 Å². The van der Waals surface area contributed by atoms with Crippen molar-refractivity contribution < 1.29 is 13.2 Å². The Hall–Kier alpha value is -0.620. The van der Waals surface area contributed by atoms with E-state index >= 15 is 0 Å². The fourth-order valence-electron chi connectivity index (χ4n) is 2.80. The third kappa shape index (κ3) is 4.45. The van der Waals surface area contributed by atoms with Gasteiger partial charge in [0.05, 0.1) is 11.5 Å². The molecule has 2 rings (SSSR count). The molecule has 1 amide bonds. The molecule has 110 valence electrons. The fourth-order valence-corrected chi connectivity index (χ4v) is 4.08. The van der Waals surface area contributed by atoms with Gasteiger partial charge in [-0.1, -0.05) is 6.92 Å². The Morgan fingerprint density at radius 2 is 1.89 bits per heavy atom. The summed E-state index contributed by atoms with van der Waals surface area (Å²) >= 11 is 0. The molecule has 0 radical (unpaired) electrons. The van der Waals surface area contributed by atoms with Gasteiger partial charge < -0.3 is 9.80 Å². The summed E-state index contributed by atoms with van der Waals surface area (Å²) in [4.78, 5) is 16.2. The number of rotatable bonds is 3. The highest BCUT2D eigenvalue weighted by Gasteiger charge is 2.24. The Morgan fingerprint density at radius 1 is 1.21 bits per heavy atom. The molecule has 2 fully saturated rings. The van der Waals surface area contributed by atoms with E-state index in [0.717, 1.165) is 19.5 Å². The lowest BCUT2D eigenvalue weighted by Gasteiger charge is -2.32. The van der Waals surface area contributed by atoms with Crippen LogP contribution in [-0.4, -0.2) is 68.4 Å². The summed E-state index contributed by atoms with van der Waals surface area (Å²) in [6.45, 7) is 5.80. The van der Waals surface area contributed by atoms with Gasteiger partial charge in [0, 0.05) is 39.1 Å². The van der Waals surface area contributed by atoms with Crippen molar-refractivity contribution in [1.82, 2.24) is 9.80 Å². The summed E-state index contributed by atoms with van der Waals surface area (Å²) in [6, 6.07) is 0. The van der Waals surface area contributed by atoms with Crippen LogP contribution in [0.15, 0.2) is 0 Å². The van der Waals surface area contributed by atoms with Crippen molar-refractivity contribution in [2.75, 3.05) is 44.2 Å². The molecule has 5 nitrogen and oxygen atoms in total. The number of carbonyl (C=O) groups excluding carboxylic acids is 1. The third-order valence-electron chi connectivity index (χ3n) is 4.09. The van der Waals surface area contributed by atoms with Crippen LogP contribution in [0.1, 0.15) is 26.2 Å².